The monoisotopic (exact) mass is 305 g/mol. The van der Waals surface area contributed by atoms with Crippen LogP contribution < -0.4 is 5.32 Å². The van der Waals surface area contributed by atoms with Gasteiger partial charge in [0.25, 0.3) is 0 Å². The molecule has 88 valence electrons. The largest absolute Gasteiger partial charge is 0.465 e. The maximum absolute atomic E-state index is 11.1. The molecule has 1 aromatic carbocycles. The smallest absolute Gasteiger partial charge is 0.325 e. The van der Waals surface area contributed by atoms with Crippen molar-refractivity contribution in [3.05, 3.63) is 27.2 Å². The molecular formula is C11H13BrClNO2. The lowest BCUT2D eigenvalue weighted by molar-refractivity contribution is -0.140. The van der Waals surface area contributed by atoms with Crippen LogP contribution in [0.15, 0.2) is 16.6 Å². The Kier molecular flexibility index (Phi) is 5.09. The first-order valence-corrected chi connectivity index (χ1v) is 6.06. The van der Waals surface area contributed by atoms with Gasteiger partial charge in [0, 0.05) is 9.50 Å². The first-order valence-electron chi connectivity index (χ1n) is 4.89. The summed E-state index contributed by atoms with van der Waals surface area (Å²) >= 11 is 9.38. The molecule has 0 amide bonds. The third kappa shape index (κ3) is 3.68. The second-order valence-electron chi connectivity index (χ2n) is 3.24. The van der Waals surface area contributed by atoms with Gasteiger partial charge in [-0.1, -0.05) is 11.6 Å². The Morgan fingerprint density at radius 3 is 2.88 bits per heavy atom. The van der Waals surface area contributed by atoms with Crippen molar-refractivity contribution in [2.24, 2.45) is 0 Å². The number of rotatable bonds is 4. The Hall–Kier alpha value is -0.740. The van der Waals surface area contributed by atoms with Crippen molar-refractivity contribution < 1.29 is 9.53 Å². The summed E-state index contributed by atoms with van der Waals surface area (Å²) in [4.78, 5) is 11.1. The second-order valence-corrected chi connectivity index (χ2v) is 4.50. The van der Waals surface area contributed by atoms with Crippen LogP contribution in [0.5, 0.6) is 0 Å². The molecule has 0 aromatic heterocycles. The van der Waals surface area contributed by atoms with Crippen molar-refractivity contribution in [1.82, 2.24) is 0 Å². The number of carbonyl (C=O) groups is 1. The maximum Gasteiger partial charge on any atom is 0.325 e. The molecule has 0 saturated heterocycles. The lowest BCUT2D eigenvalue weighted by atomic mass is 10.2. The second kappa shape index (κ2) is 6.11. The van der Waals surface area contributed by atoms with Crippen molar-refractivity contribution in [3.8, 4) is 0 Å². The van der Waals surface area contributed by atoms with Crippen LogP contribution in [0.3, 0.4) is 0 Å². The van der Waals surface area contributed by atoms with Crippen LogP contribution in [0.2, 0.25) is 5.02 Å². The molecule has 0 spiro atoms. The summed E-state index contributed by atoms with van der Waals surface area (Å²) in [6.45, 7) is 4.21. The first-order chi connectivity index (χ1) is 7.54. The number of carbonyl (C=O) groups excluding carboxylic acids is 1. The van der Waals surface area contributed by atoms with Gasteiger partial charge >= 0.3 is 5.97 Å². The van der Waals surface area contributed by atoms with E-state index >= 15 is 0 Å². The number of nitrogens with one attached hydrogen (secondary N) is 1. The topological polar surface area (TPSA) is 38.3 Å². The van der Waals surface area contributed by atoms with Gasteiger partial charge in [-0.2, -0.15) is 0 Å². The van der Waals surface area contributed by atoms with Gasteiger partial charge in [0.15, 0.2) is 0 Å². The normalized spacial score (nSPS) is 10.0. The number of aryl methyl sites for hydroxylation is 1. The fourth-order valence-corrected chi connectivity index (χ4v) is 1.92. The summed E-state index contributed by atoms with van der Waals surface area (Å²) < 4.78 is 5.68. The highest BCUT2D eigenvalue weighted by Crippen LogP contribution is 2.28. The quantitative estimate of drug-likeness (QED) is 0.867. The number of esters is 1. The number of ether oxygens (including phenoxy) is 1. The van der Waals surface area contributed by atoms with Crippen molar-refractivity contribution >= 4 is 39.2 Å². The van der Waals surface area contributed by atoms with Crippen molar-refractivity contribution in [2.45, 2.75) is 13.8 Å². The van der Waals surface area contributed by atoms with Crippen LogP contribution >= 0.6 is 27.5 Å². The molecule has 1 aromatic rings. The Balaban J connectivity index is 2.67. The van der Waals surface area contributed by atoms with Crippen LogP contribution in [0.1, 0.15) is 12.5 Å². The molecule has 0 fully saturated rings. The fourth-order valence-electron chi connectivity index (χ4n) is 1.16. The van der Waals surface area contributed by atoms with Crippen LogP contribution in [-0.4, -0.2) is 19.1 Å². The minimum atomic E-state index is -0.286. The third-order valence-electron chi connectivity index (χ3n) is 1.98. The minimum Gasteiger partial charge on any atom is -0.465 e. The molecule has 0 saturated carbocycles. The van der Waals surface area contributed by atoms with Gasteiger partial charge < -0.3 is 10.1 Å². The molecule has 0 radical (unpaired) electrons. The van der Waals surface area contributed by atoms with Crippen molar-refractivity contribution in [1.29, 1.82) is 0 Å². The molecule has 0 unspecified atom stereocenters. The van der Waals surface area contributed by atoms with Crippen molar-refractivity contribution in [3.63, 3.8) is 0 Å². The Morgan fingerprint density at radius 2 is 2.25 bits per heavy atom. The Bertz CT molecular complexity index is 396. The van der Waals surface area contributed by atoms with Gasteiger partial charge in [0.1, 0.15) is 6.54 Å². The molecule has 0 aliphatic carbocycles. The summed E-state index contributed by atoms with van der Waals surface area (Å²) in [5.74, 6) is -0.286. The van der Waals surface area contributed by atoms with E-state index in [2.05, 4.69) is 21.2 Å². The standard InChI is InChI=1S/C11H13BrClNO2/c1-3-16-11(15)6-14-10-5-9(13)7(2)4-8(10)12/h4-5,14H,3,6H2,1-2H3. The molecule has 1 N–H and O–H groups in total. The average molecular weight is 307 g/mol. The SMILES string of the molecule is CCOC(=O)CNc1cc(Cl)c(C)cc1Br. The number of anilines is 1. The van der Waals surface area contributed by atoms with Gasteiger partial charge in [-0.05, 0) is 47.5 Å². The zero-order valence-electron chi connectivity index (χ0n) is 9.14. The van der Waals surface area contributed by atoms with Crippen LogP contribution in [0.4, 0.5) is 5.69 Å². The first kappa shape index (κ1) is 13.3. The number of hydrogen-bond donors (Lipinski definition) is 1. The van der Waals surface area contributed by atoms with Crippen molar-refractivity contribution in [2.75, 3.05) is 18.5 Å². The highest BCUT2D eigenvalue weighted by atomic mass is 79.9. The van der Waals surface area contributed by atoms with E-state index < -0.39 is 0 Å². The average Bonchev–Trinajstić information content (AvgIpc) is 2.22. The molecule has 5 heteroatoms. The number of benzene rings is 1. The van der Waals surface area contributed by atoms with E-state index in [1.807, 2.05) is 13.0 Å². The molecule has 0 bridgehead atoms. The molecule has 0 heterocycles. The number of hydrogen-bond acceptors (Lipinski definition) is 3. The third-order valence-corrected chi connectivity index (χ3v) is 3.04. The van der Waals surface area contributed by atoms with Gasteiger partial charge in [-0.25, -0.2) is 0 Å². The van der Waals surface area contributed by atoms with Gasteiger partial charge in [0.2, 0.25) is 0 Å². The van der Waals surface area contributed by atoms with E-state index in [4.69, 9.17) is 16.3 Å². The van der Waals surface area contributed by atoms with E-state index in [-0.39, 0.29) is 12.5 Å². The summed E-state index contributed by atoms with van der Waals surface area (Å²) in [6, 6.07) is 3.68. The van der Waals surface area contributed by atoms with Crippen LogP contribution in [0.25, 0.3) is 0 Å². The number of halogens is 2. The van der Waals surface area contributed by atoms with Crippen LogP contribution in [0, 0.1) is 6.92 Å². The summed E-state index contributed by atoms with van der Waals surface area (Å²) in [6.07, 6.45) is 0. The van der Waals surface area contributed by atoms with Crippen LogP contribution in [-0.2, 0) is 9.53 Å². The molecule has 0 aliphatic heterocycles. The summed E-state index contributed by atoms with van der Waals surface area (Å²) in [7, 11) is 0. The highest BCUT2D eigenvalue weighted by Gasteiger charge is 2.06. The predicted molar refractivity (Wildman–Crippen MR) is 69.0 cm³/mol. The Morgan fingerprint density at radius 1 is 1.56 bits per heavy atom. The fraction of sp³-hybridized carbons (Fsp3) is 0.364. The molecule has 0 aliphatic rings. The zero-order valence-corrected chi connectivity index (χ0v) is 11.5. The van der Waals surface area contributed by atoms with E-state index in [1.165, 1.54) is 0 Å². The zero-order chi connectivity index (χ0) is 12.1. The molecule has 16 heavy (non-hydrogen) atoms. The van der Waals surface area contributed by atoms with E-state index in [1.54, 1.807) is 13.0 Å². The molecular weight excluding hydrogens is 293 g/mol. The summed E-state index contributed by atoms with van der Waals surface area (Å²) in [5.41, 5.74) is 1.76. The van der Waals surface area contributed by atoms with Gasteiger partial charge in [-0.15, -0.1) is 0 Å². The molecule has 1 rings (SSSR count). The van der Waals surface area contributed by atoms with E-state index in [0.29, 0.717) is 11.6 Å². The van der Waals surface area contributed by atoms with Gasteiger partial charge in [-0.3, -0.25) is 4.79 Å². The predicted octanol–water partition coefficient (Wildman–Crippen LogP) is 3.39. The van der Waals surface area contributed by atoms with E-state index in [0.717, 1.165) is 15.7 Å². The minimum absolute atomic E-state index is 0.131. The summed E-state index contributed by atoms with van der Waals surface area (Å²) in [5, 5.41) is 3.62. The molecule has 0 atom stereocenters. The molecule has 3 nitrogen and oxygen atoms in total. The van der Waals surface area contributed by atoms with Gasteiger partial charge in [0.05, 0.1) is 12.3 Å². The highest BCUT2D eigenvalue weighted by molar-refractivity contribution is 9.10. The maximum atomic E-state index is 11.1. The Labute approximate surface area is 108 Å². The van der Waals surface area contributed by atoms with E-state index in [9.17, 15) is 4.79 Å². The lowest BCUT2D eigenvalue weighted by Gasteiger charge is -2.09. The lowest BCUT2D eigenvalue weighted by Crippen LogP contribution is -2.16.